The van der Waals surface area contributed by atoms with Gasteiger partial charge < -0.3 is 15.1 Å². The van der Waals surface area contributed by atoms with Gasteiger partial charge in [-0.2, -0.15) is 0 Å². The van der Waals surface area contributed by atoms with Gasteiger partial charge in [0.1, 0.15) is 11.6 Å². The van der Waals surface area contributed by atoms with E-state index in [-0.39, 0.29) is 23.4 Å². The van der Waals surface area contributed by atoms with E-state index in [4.69, 9.17) is 4.98 Å². The van der Waals surface area contributed by atoms with Crippen LogP contribution in [-0.4, -0.2) is 47.9 Å². The van der Waals surface area contributed by atoms with Crippen molar-refractivity contribution in [3.63, 3.8) is 0 Å². The molecule has 1 aliphatic carbocycles. The molecular weight excluding hydrogens is 410 g/mol. The fraction of sp³-hybridized carbons (Fsp3) is 0.476. The van der Waals surface area contributed by atoms with Crippen molar-refractivity contribution in [2.24, 2.45) is 5.92 Å². The lowest BCUT2D eigenvalue weighted by Crippen LogP contribution is -2.48. The molecule has 0 spiro atoms. The van der Waals surface area contributed by atoms with Crippen LogP contribution in [0.4, 0.5) is 19.6 Å². The quantitative estimate of drug-likeness (QED) is 0.803. The topological polar surface area (TPSA) is 65.5 Å². The monoisotopic (exact) mass is 434 g/mol. The Kier molecular flexibility index (Phi) is 5.99. The van der Waals surface area contributed by atoms with Gasteiger partial charge >= 0.3 is 0 Å². The Hall–Kier alpha value is -2.55. The summed E-state index contributed by atoms with van der Waals surface area (Å²) in [6, 6.07) is 3.02. The number of thiazole rings is 1. The second-order valence-electron chi connectivity index (χ2n) is 7.64. The number of carbonyl (C=O) groups is 2. The maximum absolute atomic E-state index is 13.8. The minimum absolute atomic E-state index is 0.129. The van der Waals surface area contributed by atoms with Crippen LogP contribution >= 0.6 is 11.3 Å². The standard InChI is InChI=1S/C21H24F2N4O2S/c1-2-19(28)26-7-9-27(10-8-26)21-25-16-6-3-13(11-18(16)30-21)20(29)24-17-12-14(22)4-5-15(17)23/h4-5,12-13H,2-3,6-11H2,1H3,(H,24,29). The van der Waals surface area contributed by atoms with Crippen molar-refractivity contribution < 1.29 is 18.4 Å². The van der Waals surface area contributed by atoms with Gasteiger partial charge in [0.25, 0.3) is 0 Å². The third-order valence-electron chi connectivity index (χ3n) is 5.69. The highest BCUT2D eigenvalue weighted by Crippen LogP contribution is 2.35. The Morgan fingerprint density at radius 2 is 2.00 bits per heavy atom. The molecule has 160 valence electrons. The summed E-state index contributed by atoms with van der Waals surface area (Å²) in [7, 11) is 0. The molecule has 1 saturated heterocycles. The molecule has 2 heterocycles. The number of fused-ring (bicyclic) bond motifs is 1. The first kappa shape index (κ1) is 20.7. The van der Waals surface area contributed by atoms with Crippen molar-refractivity contribution in [2.75, 3.05) is 36.4 Å². The van der Waals surface area contributed by atoms with Crippen molar-refractivity contribution in [2.45, 2.75) is 32.6 Å². The number of nitrogens with zero attached hydrogens (tertiary/aromatic N) is 3. The molecule has 9 heteroatoms. The third kappa shape index (κ3) is 4.30. The minimum atomic E-state index is -0.651. The summed E-state index contributed by atoms with van der Waals surface area (Å²) in [5, 5.41) is 3.46. The smallest absolute Gasteiger partial charge is 0.227 e. The van der Waals surface area contributed by atoms with Gasteiger partial charge in [-0.3, -0.25) is 9.59 Å². The Morgan fingerprint density at radius 3 is 2.73 bits per heavy atom. The molecule has 1 N–H and O–H groups in total. The van der Waals surface area contributed by atoms with Gasteiger partial charge in [-0.05, 0) is 31.4 Å². The second-order valence-corrected chi connectivity index (χ2v) is 8.70. The maximum atomic E-state index is 13.8. The number of rotatable bonds is 4. The molecule has 2 aliphatic rings. The molecule has 0 saturated carbocycles. The average molecular weight is 435 g/mol. The van der Waals surface area contributed by atoms with Crippen LogP contribution < -0.4 is 10.2 Å². The highest BCUT2D eigenvalue weighted by atomic mass is 32.1. The van der Waals surface area contributed by atoms with Gasteiger partial charge in [-0.1, -0.05) is 6.92 Å². The first-order chi connectivity index (χ1) is 14.4. The molecule has 1 aliphatic heterocycles. The van der Waals surface area contributed by atoms with Gasteiger partial charge in [-0.15, -0.1) is 11.3 Å². The number of aryl methyl sites for hydroxylation is 1. The zero-order valence-electron chi connectivity index (χ0n) is 16.8. The summed E-state index contributed by atoms with van der Waals surface area (Å²) >= 11 is 1.59. The van der Waals surface area contributed by atoms with E-state index < -0.39 is 11.6 Å². The van der Waals surface area contributed by atoms with Crippen molar-refractivity contribution >= 4 is 34.0 Å². The second kappa shape index (κ2) is 8.67. The van der Waals surface area contributed by atoms with Gasteiger partial charge in [0.05, 0.1) is 11.4 Å². The van der Waals surface area contributed by atoms with Crippen molar-refractivity contribution in [3.05, 3.63) is 40.4 Å². The number of hydrogen-bond acceptors (Lipinski definition) is 5. The van der Waals surface area contributed by atoms with E-state index in [1.54, 1.807) is 11.3 Å². The molecule has 1 atom stereocenters. The number of anilines is 2. The lowest BCUT2D eigenvalue weighted by molar-refractivity contribution is -0.131. The Labute approximate surface area is 177 Å². The van der Waals surface area contributed by atoms with Crippen molar-refractivity contribution in [3.8, 4) is 0 Å². The number of piperazine rings is 1. The number of amides is 2. The van der Waals surface area contributed by atoms with E-state index >= 15 is 0 Å². The molecule has 4 rings (SSSR count). The van der Waals surface area contributed by atoms with Crippen LogP contribution in [0.5, 0.6) is 0 Å². The number of benzene rings is 1. The molecule has 2 aromatic rings. The Balaban J connectivity index is 1.39. The van der Waals surface area contributed by atoms with Crippen LogP contribution in [-0.2, 0) is 22.4 Å². The molecule has 0 radical (unpaired) electrons. The Bertz CT molecular complexity index is 956. The average Bonchev–Trinajstić information content (AvgIpc) is 3.19. The highest BCUT2D eigenvalue weighted by molar-refractivity contribution is 7.15. The fourth-order valence-corrected chi connectivity index (χ4v) is 5.16. The molecule has 1 fully saturated rings. The van der Waals surface area contributed by atoms with E-state index in [1.807, 2.05) is 11.8 Å². The predicted molar refractivity (Wildman–Crippen MR) is 112 cm³/mol. The number of carbonyl (C=O) groups excluding carboxylic acids is 2. The van der Waals surface area contributed by atoms with E-state index in [0.717, 1.165) is 47.0 Å². The maximum Gasteiger partial charge on any atom is 0.227 e. The first-order valence-corrected chi connectivity index (χ1v) is 11.0. The predicted octanol–water partition coefficient (Wildman–Crippen LogP) is 3.22. The summed E-state index contributed by atoms with van der Waals surface area (Å²) < 4.78 is 27.2. The zero-order valence-corrected chi connectivity index (χ0v) is 17.6. The number of aromatic nitrogens is 1. The molecule has 1 unspecified atom stereocenters. The summed E-state index contributed by atoms with van der Waals surface area (Å²) in [6.45, 7) is 4.77. The lowest BCUT2D eigenvalue weighted by atomic mass is 9.90. The summed E-state index contributed by atoms with van der Waals surface area (Å²) in [5.41, 5.74) is 0.887. The van der Waals surface area contributed by atoms with E-state index in [1.165, 1.54) is 0 Å². The van der Waals surface area contributed by atoms with Crippen LogP contribution in [0.3, 0.4) is 0 Å². The molecule has 6 nitrogen and oxygen atoms in total. The van der Waals surface area contributed by atoms with Crippen LogP contribution in [0.2, 0.25) is 0 Å². The summed E-state index contributed by atoms with van der Waals surface area (Å²) in [5.74, 6) is -1.66. The molecule has 30 heavy (non-hydrogen) atoms. The largest absolute Gasteiger partial charge is 0.345 e. The van der Waals surface area contributed by atoms with Crippen LogP contribution in [0.15, 0.2) is 18.2 Å². The number of hydrogen-bond donors (Lipinski definition) is 1. The van der Waals surface area contributed by atoms with Gasteiger partial charge in [0, 0.05) is 49.5 Å². The summed E-state index contributed by atoms with van der Waals surface area (Å²) in [4.78, 5) is 34.4. The molecule has 0 bridgehead atoms. The van der Waals surface area contributed by atoms with E-state index in [0.29, 0.717) is 38.8 Å². The van der Waals surface area contributed by atoms with Crippen molar-refractivity contribution in [1.29, 1.82) is 0 Å². The fourth-order valence-electron chi connectivity index (χ4n) is 3.92. The Morgan fingerprint density at radius 1 is 1.23 bits per heavy atom. The van der Waals surface area contributed by atoms with Crippen molar-refractivity contribution in [1.82, 2.24) is 9.88 Å². The first-order valence-electron chi connectivity index (χ1n) is 10.2. The SMILES string of the molecule is CCC(=O)N1CCN(c2nc3c(s2)CC(C(=O)Nc2cc(F)ccc2F)CC3)CC1. The molecule has 2 amide bonds. The summed E-state index contributed by atoms with van der Waals surface area (Å²) in [6.07, 6.45) is 2.38. The third-order valence-corrected chi connectivity index (χ3v) is 6.87. The van der Waals surface area contributed by atoms with Crippen LogP contribution in [0.25, 0.3) is 0 Å². The zero-order chi connectivity index (χ0) is 21.3. The molecule has 1 aromatic heterocycles. The van der Waals surface area contributed by atoms with Gasteiger partial charge in [0.2, 0.25) is 11.8 Å². The lowest BCUT2D eigenvalue weighted by Gasteiger charge is -2.34. The van der Waals surface area contributed by atoms with E-state index in [2.05, 4.69) is 10.2 Å². The van der Waals surface area contributed by atoms with Gasteiger partial charge in [0.15, 0.2) is 5.13 Å². The normalized spacial score (nSPS) is 18.8. The number of halogens is 2. The molecule has 1 aromatic carbocycles. The number of nitrogens with one attached hydrogen (secondary N) is 1. The highest BCUT2D eigenvalue weighted by Gasteiger charge is 2.30. The van der Waals surface area contributed by atoms with Gasteiger partial charge in [-0.25, -0.2) is 13.8 Å². The minimum Gasteiger partial charge on any atom is -0.345 e. The van der Waals surface area contributed by atoms with Crippen LogP contribution in [0.1, 0.15) is 30.3 Å². The molecular formula is C21H24F2N4O2S. The van der Waals surface area contributed by atoms with E-state index in [9.17, 15) is 18.4 Å². The van der Waals surface area contributed by atoms with Crippen LogP contribution in [0, 0.1) is 17.6 Å².